The summed E-state index contributed by atoms with van der Waals surface area (Å²) in [6.07, 6.45) is 1.78. The van der Waals surface area contributed by atoms with E-state index in [0.717, 1.165) is 11.3 Å². The molecule has 1 heterocycles. The summed E-state index contributed by atoms with van der Waals surface area (Å²) in [7, 11) is 1.48. The van der Waals surface area contributed by atoms with Gasteiger partial charge in [0.25, 0.3) is 0 Å². The Labute approximate surface area is 149 Å². The second kappa shape index (κ2) is 9.19. The molecular formula is C16H20N4O4S. The zero-order chi connectivity index (χ0) is 18.2. The molecule has 0 radical (unpaired) electrons. The van der Waals surface area contributed by atoms with Crippen molar-refractivity contribution in [2.24, 2.45) is 0 Å². The highest BCUT2D eigenvalue weighted by molar-refractivity contribution is 7.99. The van der Waals surface area contributed by atoms with Crippen LogP contribution in [0.25, 0.3) is 5.69 Å². The molecule has 1 aromatic heterocycles. The van der Waals surface area contributed by atoms with Crippen LogP contribution in [-0.2, 0) is 14.3 Å². The number of benzene rings is 1. The Morgan fingerprint density at radius 1 is 1.36 bits per heavy atom. The van der Waals surface area contributed by atoms with E-state index in [0.29, 0.717) is 5.16 Å². The molecule has 0 fully saturated rings. The van der Waals surface area contributed by atoms with Gasteiger partial charge in [-0.15, -0.1) is 10.2 Å². The molecule has 1 aromatic carbocycles. The van der Waals surface area contributed by atoms with E-state index in [1.165, 1.54) is 18.9 Å². The summed E-state index contributed by atoms with van der Waals surface area (Å²) in [6, 6.07) is 6.86. The summed E-state index contributed by atoms with van der Waals surface area (Å²) < 4.78 is 6.63. The predicted octanol–water partition coefficient (Wildman–Crippen LogP) is 1.27. The number of carbonyl (C=O) groups excluding carboxylic acids is 1. The van der Waals surface area contributed by atoms with Crippen molar-refractivity contribution in [2.45, 2.75) is 24.5 Å². The van der Waals surface area contributed by atoms with Crippen LogP contribution in [0.4, 0.5) is 0 Å². The molecule has 0 saturated heterocycles. The average molecular weight is 364 g/mol. The van der Waals surface area contributed by atoms with Gasteiger partial charge in [0.05, 0.1) is 5.75 Å². The van der Waals surface area contributed by atoms with Gasteiger partial charge in [0.1, 0.15) is 12.4 Å². The normalized spacial score (nSPS) is 11.9. The fourth-order valence-corrected chi connectivity index (χ4v) is 2.80. The van der Waals surface area contributed by atoms with Crippen LogP contribution in [0.2, 0.25) is 0 Å². The average Bonchev–Trinajstić information content (AvgIpc) is 3.05. The summed E-state index contributed by atoms with van der Waals surface area (Å²) in [4.78, 5) is 23.2. The minimum Gasteiger partial charge on any atom is -0.480 e. The van der Waals surface area contributed by atoms with E-state index in [2.05, 4.69) is 15.5 Å². The van der Waals surface area contributed by atoms with E-state index in [9.17, 15) is 9.59 Å². The summed E-state index contributed by atoms with van der Waals surface area (Å²) in [5, 5.41) is 20.0. The third-order valence-corrected chi connectivity index (χ3v) is 4.35. The Morgan fingerprint density at radius 2 is 2.08 bits per heavy atom. The van der Waals surface area contributed by atoms with E-state index in [-0.39, 0.29) is 24.7 Å². The number of hydrogen-bond acceptors (Lipinski definition) is 6. The molecule has 0 aliphatic heterocycles. The number of aromatic nitrogens is 3. The number of nitrogens with zero attached hydrogens (tertiary/aromatic N) is 3. The van der Waals surface area contributed by atoms with E-state index >= 15 is 0 Å². The zero-order valence-corrected chi connectivity index (χ0v) is 14.8. The van der Waals surface area contributed by atoms with E-state index in [4.69, 9.17) is 9.84 Å². The SMILES string of the molecule is COCCC(NC(=O)CSc1nncn1-c1ccc(C)cc1)C(=O)O. The summed E-state index contributed by atoms with van der Waals surface area (Å²) in [5.74, 6) is -1.42. The summed E-state index contributed by atoms with van der Waals surface area (Å²) >= 11 is 1.19. The predicted molar refractivity (Wildman–Crippen MR) is 92.9 cm³/mol. The summed E-state index contributed by atoms with van der Waals surface area (Å²) in [5.41, 5.74) is 2.03. The summed E-state index contributed by atoms with van der Waals surface area (Å²) in [6.45, 7) is 2.25. The Kier molecular flexibility index (Phi) is 6.96. The number of aryl methyl sites for hydroxylation is 1. The van der Waals surface area contributed by atoms with Crippen molar-refractivity contribution >= 4 is 23.6 Å². The van der Waals surface area contributed by atoms with Crippen molar-refractivity contribution in [3.8, 4) is 5.69 Å². The molecule has 134 valence electrons. The molecule has 2 N–H and O–H groups in total. The molecule has 8 nitrogen and oxygen atoms in total. The standard InChI is InChI=1S/C16H20N4O4S/c1-11-3-5-12(6-4-11)20-10-17-19-16(20)25-9-14(21)18-13(15(22)23)7-8-24-2/h3-6,10,13H,7-9H2,1-2H3,(H,18,21)(H,22,23). The topological polar surface area (TPSA) is 106 Å². The number of aliphatic carboxylic acids is 1. The molecule has 0 saturated carbocycles. The second-order valence-corrected chi connectivity index (χ2v) is 6.29. The molecule has 25 heavy (non-hydrogen) atoms. The third-order valence-electron chi connectivity index (χ3n) is 3.40. The van der Waals surface area contributed by atoms with Crippen LogP contribution in [-0.4, -0.2) is 57.3 Å². The van der Waals surface area contributed by atoms with Gasteiger partial charge in [0.15, 0.2) is 5.16 Å². The van der Waals surface area contributed by atoms with Crippen molar-refractivity contribution in [3.63, 3.8) is 0 Å². The van der Waals surface area contributed by atoms with Crippen molar-refractivity contribution in [2.75, 3.05) is 19.5 Å². The quantitative estimate of drug-likeness (QED) is 0.645. The largest absolute Gasteiger partial charge is 0.480 e. The molecule has 0 spiro atoms. The van der Waals surface area contributed by atoms with E-state index in [1.807, 2.05) is 31.2 Å². The fraction of sp³-hybridized carbons (Fsp3) is 0.375. The van der Waals surface area contributed by atoms with Crippen LogP contribution in [0.15, 0.2) is 35.7 Å². The van der Waals surface area contributed by atoms with Gasteiger partial charge in [-0.2, -0.15) is 0 Å². The lowest BCUT2D eigenvalue weighted by atomic mass is 10.2. The van der Waals surface area contributed by atoms with Gasteiger partial charge >= 0.3 is 5.97 Å². The van der Waals surface area contributed by atoms with Crippen LogP contribution in [0.3, 0.4) is 0 Å². The first-order valence-electron chi connectivity index (χ1n) is 7.62. The molecule has 0 aliphatic carbocycles. The van der Waals surface area contributed by atoms with Crippen molar-refractivity contribution in [1.82, 2.24) is 20.1 Å². The van der Waals surface area contributed by atoms with Crippen LogP contribution >= 0.6 is 11.8 Å². The third kappa shape index (κ3) is 5.57. The first-order valence-corrected chi connectivity index (χ1v) is 8.60. The number of ether oxygens (including phenoxy) is 1. The van der Waals surface area contributed by atoms with Crippen molar-refractivity contribution in [3.05, 3.63) is 36.2 Å². The minimum absolute atomic E-state index is 0.0430. The number of methoxy groups -OCH3 is 1. The number of carbonyl (C=O) groups is 2. The van der Waals surface area contributed by atoms with Crippen LogP contribution in [0, 0.1) is 6.92 Å². The number of carboxylic acids is 1. The van der Waals surface area contributed by atoms with Crippen molar-refractivity contribution in [1.29, 1.82) is 0 Å². The van der Waals surface area contributed by atoms with Gasteiger partial charge in [0.2, 0.25) is 5.91 Å². The number of nitrogens with one attached hydrogen (secondary N) is 1. The Balaban J connectivity index is 1.95. The molecule has 9 heteroatoms. The van der Waals surface area contributed by atoms with Crippen LogP contribution < -0.4 is 5.32 Å². The molecule has 2 rings (SSSR count). The maximum Gasteiger partial charge on any atom is 0.326 e. The molecule has 2 aromatic rings. The zero-order valence-electron chi connectivity index (χ0n) is 14.0. The van der Waals surface area contributed by atoms with Crippen LogP contribution in [0.5, 0.6) is 0 Å². The Bertz CT molecular complexity index is 717. The Hall–Kier alpha value is -2.39. The van der Waals surface area contributed by atoms with Gasteiger partial charge < -0.3 is 15.2 Å². The molecule has 0 aliphatic rings. The van der Waals surface area contributed by atoms with Gasteiger partial charge in [0, 0.05) is 25.8 Å². The van der Waals surface area contributed by atoms with Gasteiger partial charge in [-0.1, -0.05) is 29.5 Å². The monoisotopic (exact) mass is 364 g/mol. The maximum absolute atomic E-state index is 12.0. The second-order valence-electron chi connectivity index (χ2n) is 5.35. The number of rotatable bonds is 9. The van der Waals surface area contributed by atoms with Crippen molar-refractivity contribution < 1.29 is 19.4 Å². The first-order chi connectivity index (χ1) is 12.0. The van der Waals surface area contributed by atoms with Crippen LogP contribution in [0.1, 0.15) is 12.0 Å². The first kappa shape index (κ1) is 18.9. The molecule has 0 bridgehead atoms. The number of amides is 1. The minimum atomic E-state index is -1.08. The maximum atomic E-state index is 12.0. The number of hydrogen-bond donors (Lipinski definition) is 2. The van der Waals surface area contributed by atoms with E-state index in [1.54, 1.807) is 10.9 Å². The Morgan fingerprint density at radius 3 is 2.72 bits per heavy atom. The molecular weight excluding hydrogens is 344 g/mol. The molecule has 1 amide bonds. The van der Waals surface area contributed by atoms with Gasteiger partial charge in [-0.05, 0) is 19.1 Å². The van der Waals surface area contributed by atoms with Gasteiger partial charge in [-0.25, -0.2) is 4.79 Å². The highest BCUT2D eigenvalue weighted by Gasteiger charge is 2.20. The van der Waals surface area contributed by atoms with E-state index < -0.39 is 12.0 Å². The highest BCUT2D eigenvalue weighted by atomic mass is 32.2. The molecule has 1 atom stereocenters. The lowest BCUT2D eigenvalue weighted by Gasteiger charge is -2.13. The van der Waals surface area contributed by atoms with Gasteiger partial charge in [-0.3, -0.25) is 9.36 Å². The number of carboxylic acid groups (broad SMARTS) is 1. The smallest absolute Gasteiger partial charge is 0.326 e. The lowest BCUT2D eigenvalue weighted by Crippen LogP contribution is -2.42. The fourth-order valence-electron chi connectivity index (χ4n) is 2.06. The lowest BCUT2D eigenvalue weighted by molar-refractivity contribution is -0.142. The highest BCUT2D eigenvalue weighted by Crippen LogP contribution is 2.19. The molecule has 1 unspecified atom stereocenters. The number of thioether (sulfide) groups is 1.